The molecule has 0 heterocycles. The average Bonchev–Trinajstić information content (AvgIpc) is 2.63. The molecular formula is C24H34NO7P. The van der Waals surface area contributed by atoms with Crippen molar-refractivity contribution >= 4 is 19.7 Å². The lowest BCUT2D eigenvalue weighted by atomic mass is 9.72. The van der Waals surface area contributed by atoms with Gasteiger partial charge in [-0.3, -0.25) is 14.6 Å². The smallest absolute Gasteiger partial charge is 0.479 e. The van der Waals surface area contributed by atoms with Gasteiger partial charge < -0.3 is 14.9 Å². The van der Waals surface area contributed by atoms with Gasteiger partial charge in [0, 0.05) is 6.08 Å². The number of carboxylic acids is 1. The number of carbonyl (C=O) groups excluding carboxylic acids is 1. The first-order chi connectivity index (χ1) is 15.1. The molecular weight excluding hydrogens is 445 g/mol. The van der Waals surface area contributed by atoms with E-state index in [0.29, 0.717) is 5.57 Å². The maximum absolute atomic E-state index is 12.1. The van der Waals surface area contributed by atoms with E-state index in [2.05, 4.69) is 49.3 Å². The maximum Gasteiger partial charge on any atom is 0.524 e. The normalized spacial score (nSPS) is 18.5. The number of hydrogen-bond acceptors (Lipinski definition) is 4. The van der Waals surface area contributed by atoms with Crippen LogP contribution in [-0.4, -0.2) is 32.8 Å². The minimum atomic E-state index is -4.99. The zero-order chi connectivity index (χ0) is 25.4. The molecule has 8 nitrogen and oxygen atoms in total. The number of aliphatic carboxylic acids is 1. The van der Waals surface area contributed by atoms with Crippen LogP contribution >= 0.6 is 7.82 Å². The van der Waals surface area contributed by atoms with Gasteiger partial charge in [0.15, 0.2) is 6.04 Å². The monoisotopic (exact) mass is 479 g/mol. The molecule has 4 N–H and O–H groups in total. The fourth-order valence-corrected chi connectivity index (χ4v) is 3.97. The summed E-state index contributed by atoms with van der Waals surface area (Å²) in [6, 6.07) is -1.81. The molecule has 33 heavy (non-hydrogen) atoms. The number of hydrogen-bond donors (Lipinski definition) is 4. The first-order valence-corrected chi connectivity index (χ1v) is 12.0. The molecule has 1 aliphatic rings. The molecule has 0 aromatic rings. The summed E-state index contributed by atoms with van der Waals surface area (Å²) in [4.78, 5) is 40.9. The summed E-state index contributed by atoms with van der Waals surface area (Å²) in [7, 11) is -4.99. The van der Waals surface area contributed by atoms with E-state index in [9.17, 15) is 14.2 Å². The molecule has 0 fully saturated rings. The lowest BCUT2D eigenvalue weighted by molar-refractivity contribution is -0.140. The zero-order valence-corrected chi connectivity index (χ0v) is 20.7. The van der Waals surface area contributed by atoms with Crippen LogP contribution in [0.3, 0.4) is 0 Å². The minimum Gasteiger partial charge on any atom is -0.479 e. The Balaban J connectivity index is 2.80. The summed E-state index contributed by atoms with van der Waals surface area (Å²) in [6.07, 6.45) is 14.3. The van der Waals surface area contributed by atoms with E-state index in [1.54, 1.807) is 19.1 Å². The van der Waals surface area contributed by atoms with Crippen LogP contribution in [0, 0.1) is 5.41 Å². The van der Waals surface area contributed by atoms with Crippen molar-refractivity contribution < 1.29 is 33.6 Å². The number of rotatable bonds is 10. The highest BCUT2D eigenvalue weighted by atomic mass is 31.2. The number of phosphoric ester groups is 1. The van der Waals surface area contributed by atoms with Crippen molar-refractivity contribution in [3.63, 3.8) is 0 Å². The molecule has 1 atom stereocenters. The second-order valence-corrected chi connectivity index (χ2v) is 9.91. The molecule has 1 unspecified atom stereocenters. The topological polar surface area (TPSA) is 133 Å². The van der Waals surface area contributed by atoms with E-state index < -0.39 is 31.5 Å². The summed E-state index contributed by atoms with van der Waals surface area (Å²) >= 11 is 0. The summed E-state index contributed by atoms with van der Waals surface area (Å²) < 4.78 is 15.0. The molecule has 1 aliphatic carbocycles. The van der Waals surface area contributed by atoms with Crippen molar-refractivity contribution in [3.05, 3.63) is 71.1 Å². The van der Waals surface area contributed by atoms with Gasteiger partial charge in [-0.05, 0) is 56.6 Å². The van der Waals surface area contributed by atoms with Crippen molar-refractivity contribution in [2.45, 2.75) is 59.9 Å². The molecule has 1 rings (SSSR count). The molecule has 1 amide bonds. The first kappa shape index (κ1) is 28.4. The second-order valence-electron chi connectivity index (χ2n) is 8.75. The predicted molar refractivity (Wildman–Crippen MR) is 128 cm³/mol. The predicted octanol–water partition coefficient (Wildman–Crippen LogP) is 4.71. The Morgan fingerprint density at radius 3 is 2.39 bits per heavy atom. The highest BCUT2D eigenvalue weighted by Crippen LogP contribution is 2.41. The van der Waals surface area contributed by atoms with E-state index in [4.69, 9.17) is 14.9 Å². The zero-order valence-electron chi connectivity index (χ0n) is 19.8. The third kappa shape index (κ3) is 10.2. The molecule has 0 radical (unpaired) electrons. The molecule has 0 spiro atoms. The number of carboxylic acid groups (broad SMARTS) is 1. The molecule has 9 heteroatoms. The highest BCUT2D eigenvalue weighted by Gasteiger charge is 2.29. The molecule has 0 saturated heterocycles. The van der Waals surface area contributed by atoms with Crippen molar-refractivity contribution in [2.24, 2.45) is 5.41 Å². The van der Waals surface area contributed by atoms with Crippen LogP contribution in [-0.2, 0) is 18.7 Å². The molecule has 182 valence electrons. The van der Waals surface area contributed by atoms with Gasteiger partial charge in [0.2, 0.25) is 5.91 Å². The fourth-order valence-electron chi connectivity index (χ4n) is 3.56. The largest absolute Gasteiger partial charge is 0.524 e. The van der Waals surface area contributed by atoms with Gasteiger partial charge in [-0.15, -0.1) is 0 Å². The van der Waals surface area contributed by atoms with Crippen LogP contribution in [0.5, 0.6) is 0 Å². The Hall–Kier alpha value is -2.67. The van der Waals surface area contributed by atoms with Gasteiger partial charge in [-0.25, -0.2) is 9.36 Å². The van der Waals surface area contributed by atoms with Crippen molar-refractivity contribution in [3.8, 4) is 0 Å². The van der Waals surface area contributed by atoms with Gasteiger partial charge in [0.05, 0.1) is 0 Å². The fraction of sp³-hybridized carbons (Fsp3) is 0.417. The molecule has 0 aromatic carbocycles. The standard InChI is InChI=1S/C24H34NO7P/c1-16(12-13-20-18(3)11-8-14-24(20,5)6)9-7-10-17(2)15-21(26)25-22(23(27)28)19(4)32-33(29,30)31/h7,9-10,12-13,15,22H,4,8,11,14H2,1-3,5-6H3,(H,25,26)(H,27,28)(H2,29,30,31). The Morgan fingerprint density at radius 1 is 1.21 bits per heavy atom. The number of carbonyl (C=O) groups is 2. The molecule has 0 saturated carbocycles. The molecule has 0 aliphatic heterocycles. The van der Waals surface area contributed by atoms with E-state index in [-0.39, 0.29) is 5.41 Å². The lowest BCUT2D eigenvalue weighted by Crippen LogP contribution is -2.41. The maximum atomic E-state index is 12.1. The number of phosphoric acid groups is 1. The van der Waals surface area contributed by atoms with Gasteiger partial charge in [0.25, 0.3) is 0 Å². The van der Waals surface area contributed by atoms with Gasteiger partial charge >= 0.3 is 13.8 Å². The third-order valence-corrected chi connectivity index (χ3v) is 5.70. The van der Waals surface area contributed by atoms with Crippen LogP contribution in [0.15, 0.2) is 71.1 Å². The quantitative estimate of drug-likeness (QED) is 0.154. The van der Waals surface area contributed by atoms with Crippen molar-refractivity contribution in [2.75, 3.05) is 0 Å². The van der Waals surface area contributed by atoms with Gasteiger partial charge in [0.1, 0.15) is 5.76 Å². The summed E-state index contributed by atoms with van der Waals surface area (Å²) in [5.74, 6) is -3.12. The van der Waals surface area contributed by atoms with E-state index in [0.717, 1.165) is 18.1 Å². The van der Waals surface area contributed by atoms with Crippen LogP contribution in [0.25, 0.3) is 0 Å². The Morgan fingerprint density at radius 2 is 1.85 bits per heavy atom. The Bertz CT molecular complexity index is 977. The van der Waals surface area contributed by atoms with E-state index >= 15 is 0 Å². The van der Waals surface area contributed by atoms with Gasteiger partial charge in [-0.2, -0.15) is 0 Å². The lowest BCUT2D eigenvalue weighted by Gasteiger charge is -2.32. The minimum absolute atomic E-state index is 0.164. The first-order valence-electron chi connectivity index (χ1n) is 10.5. The van der Waals surface area contributed by atoms with Crippen LogP contribution in [0.2, 0.25) is 0 Å². The van der Waals surface area contributed by atoms with E-state index in [1.165, 1.54) is 24.0 Å². The van der Waals surface area contributed by atoms with Crippen molar-refractivity contribution in [1.29, 1.82) is 0 Å². The highest BCUT2D eigenvalue weighted by molar-refractivity contribution is 7.46. The SMILES string of the molecule is C=C(OP(=O)(O)O)C(NC(=O)C=C(C)C=CC=C(C)C=CC1=C(C)CCCC1(C)C)C(=O)O. The third-order valence-electron chi connectivity index (χ3n) is 5.22. The summed E-state index contributed by atoms with van der Waals surface area (Å²) in [5.41, 5.74) is 4.52. The summed E-state index contributed by atoms with van der Waals surface area (Å²) in [5, 5.41) is 11.2. The molecule has 0 aromatic heterocycles. The van der Waals surface area contributed by atoms with Crippen LogP contribution in [0.4, 0.5) is 0 Å². The Labute approximate surface area is 195 Å². The van der Waals surface area contributed by atoms with E-state index in [1.807, 2.05) is 13.0 Å². The number of amides is 1. The molecule has 0 bridgehead atoms. The Kier molecular flexibility index (Phi) is 10.3. The van der Waals surface area contributed by atoms with Crippen molar-refractivity contribution in [1.82, 2.24) is 5.32 Å². The number of nitrogens with one attached hydrogen (secondary N) is 1. The second kappa shape index (κ2) is 12.0. The van der Waals surface area contributed by atoms with Crippen LogP contribution in [0.1, 0.15) is 53.9 Å². The van der Waals surface area contributed by atoms with Crippen LogP contribution < -0.4 is 5.32 Å². The summed E-state index contributed by atoms with van der Waals surface area (Å²) in [6.45, 7) is 13.5. The number of allylic oxidation sites excluding steroid dienone is 9. The average molecular weight is 480 g/mol. The van der Waals surface area contributed by atoms with Gasteiger partial charge in [-0.1, -0.05) is 62.0 Å².